The number of nitrogens with zero attached hydrogens (tertiary/aromatic N) is 1. The van der Waals surface area contributed by atoms with E-state index in [1.807, 2.05) is 24.3 Å². The summed E-state index contributed by atoms with van der Waals surface area (Å²) in [5.74, 6) is 1.47. The molecule has 2 aromatic carbocycles. The van der Waals surface area contributed by atoms with Gasteiger partial charge >= 0.3 is 0 Å². The van der Waals surface area contributed by atoms with Crippen molar-refractivity contribution in [2.75, 3.05) is 13.3 Å². The smallest absolute Gasteiger partial charge is 0.231 e. The molecule has 24 heavy (non-hydrogen) atoms. The summed E-state index contributed by atoms with van der Waals surface area (Å²) >= 11 is 0. The van der Waals surface area contributed by atoms with E-state index in [-0.39, 0.29) is 6.79 Å². The molecular formula is C20H25NO3. The summed E-state index contributed by atoms with van der Waals surface area (Å²) < 4.78 is 10.7. The molecule has 2 aromatic rings. The summed E-state index contributed by atoms with van der Waals surface area (Å²) in [4.78, 5) is 2.38. The molecule has 0 saturated heterocycles. The van der Waals surface area contributed by atoms with Crippen LogP contribution in [0.5, 0.6) is 11.5 Å². The third kappa shape index (κ3) is 4.08. The van der Waals surface area contributed by atoms with Gasteiger partial charge in [0, 0.05) is 19.1 Å². The van der Waals surface area contributed by atoms with Gasteiger partial charge in [-0.2, -0.15) is 0 Å². The Morgan fingerprint density at radius 3 is 2.54 bits per heavy atom. The maximum absolute atomic E-state index is 10.5. The summed E-state index contributed by atoms with van der Waals surface area (Å²) in [7, 11) is 0. The van der Waals surface area contributed by atoms with Crippen LogP contribution in [-0.4, -0.2) is 29.4 Å². The first kappa shape index (κ1) is 16.8. The first-order chi connectivity index (χ1) is 11.6. The lowest BCUT2D eigenvalue weighted by molar-refractivity contribution is 0.126. The van der Waals surface area contributed by atoms with Gasteiger partial charge in [0.15, 0.2) is 11.5 Å². The quantitative estimate of drug-likeness (QED) is 0.841. The van der Waals surface area contributed by atoms with Crippen molar-refractivity contribution in [2.24, 2.45) is 0 Å². The van der Waals surface area contributed by atoms with Crippen molar-refractivity contribution < 1.29 is 14.6 Å². The molecular weight excluding hydrogens is 302 g/mol. The molecule has 1 unspecified atom stereocenters. The lowest BCUT2D eigenvalue weighted by atomic mass is 10.0. The molecule has 1 N–H and O–H groups in total. The van der Waals surface area contributed by atoms with E-state index in [1.54, 1.807) is 0 Å². The molecule has 1 atom stereocenters. The van der Waals surface area contributed by atoms with Gasteiger partial charge in [0.1, 0.15) is 0 Å². The van der Waals surface area contributed by atoms with E-state index in [1.165, 1.54) is 5.56 Å². The molecule has 0 bridgehead atoms. The van der Waals surface area contributed by atoms with Crippen LogP contribution in [0, 0.1) is 0 Å². The van der Waals surface area contributed by atoms with E-state index in [2.05, 4.69) is 43.0 Å². The van der Waals surface area contributed by atoms with Crippen molar-refractivity contribution in [1.29, 1.82) is 0 Å². The molecule has 0 aromatic heterocycles. The average Bonchev–Trinajstić information content (AvgIpc) is 3.06. The van der Waals surface area contributed by atoms with Crippen LogP contribution in [-0.2, 0) is 6.54 Å². The van der Waals surface area contributed by atoms with Gasteiger partial charge in [0.2, 0.25) is 6.79 Å². The van der Waals surface area contributed by atoms with Gasteiger partial charge in [0.05, 0.1) is 6.10 Å². The zero-order valence-corrected chi connectivity index (χ0v) is 14.3. The normalized spacial score (nSPS) is 14.4. The lowest BCUT2D eigenvalue weighted by Crippen LogP contribution is -2.32. The molecule has 4 heteroatoms. The van der Waals surface area contributed by atoms with E-state index in [4.69, 9.17) is 9.47 Å². The number of ether oxygens (including phenoxy) is 2. The van der Waals surface area contributed by atoms with Crippen molar-refractivity contribution in [3.63, 3.8) is 0 Å². The number of aliphatic hydroxyl groups is 1. The Hall–Kier alpha value is -2.04. The molecule has 1 aliphatic heterocycles. The minimum Gasteiger partial charge on any atom is -0.454 e. The third-order valence-corrected chi connectivity index (χ3v) is 4.43. The van der Waals surface area contributed by atoms with Crippen LogP contribution in [0.3, 0.4) is 0 Å². The van der Waals surface area contributed by atoms with Crippen LogP contribution in [0.1, 0.15) is 37.5 Å². The minimum absolute atomic E-state index is 0.257. The van der Waals surface area contributed by atoms with Crippen LogP contribution >= 0.6 is 0 Å². The molecule has 0 radical (unpaired) electrons. The van der Waals surface area contributed by atoms with E-state index in [9.17, 15) is 5.11 Å². The largest absolute Gasteiger partial charge is 0.454 e. The number of hydrogen-bond acceptors (Lipinski definition) is 4. The highest BCUT2D eigenvalue weighted by Gasteiger charge is 2.18. The second-order valence-electron chi connectivity index (χ2n) is 6.47. The summed E-state index contributed by atoms with van der Waals surface area (Å²) in [6, 6.07) is 16.5. The molecule has 128 valence electrons. The van der Waals surface area contributed by atoms with Crippen LogP contribution in [0.15, 0.2) is 48.5 Å². The fraction of sp³-hybridized carbons (Fsp3) is 0.400. The van der Waals surface area contributed by atoms with Gasteiger partial charge in [-0.15, -0.1) is 0 Å². The summed E-state index contributed by atoms with van der Waals surface area (Å²) in [6.07, 6.45) is 0.182. The molecule has 0 saturated carbocycles. The molecule has 0 fully saturated rings. The number of fused-ring (bicyclic) bond motifs is 1. The van der Waals surface area contributed by atoms with E-state index in [0.29, 0.717) is 12.5 Å². The number of aliphatic hydroxyl groups excluding tert-OH is 1. The van der Waals surface area contributed by atoms with Crippen molar-refractivity contribution in [3.8, 4) is 11.5 Å². The Kier molecular flexibility index (Phi) is 5.38. The second-order valence-corrected chi connectivity index (χ2v) is 6.47. The molecule has 1 heterocycles. The van der Waals surface area contributed by atoms with Crippen LogP contribution in [0.4, 0.5) is 0 Å². The van der Waals surface area contributed by atoms with Gasteiger partial charge in [-0.3, -0.25) is 4.90 Å². The molecule has 0 spiro atoms. The van der Waals surface area contributed by atoms with Gasteiger partial charge in [0.25, 0.3) is 0 Å². The fourth-order valence-electron chi connectivity index (χ4n) is 2.91. The first-order valence-corrected chi connectivity index (χ1v) is 8.49. The van der Waals surface area contributed by atoms with Gasteiger partial charge in [-0.1, -0.05) is 36.4 Å². The van der Waals surface area contributed by atoms with Crippen LogP contribution in [0.2, 0.25) is 0 Å². The predicted octanol–water partition coefficient (Wildman–Crippen LogP) is 3.75. The zero-order valence-electron chi connectivity index (χ0n) is 14.3. The monoisotopic (exact) mass is 327 g/mol. The number of benzene rings is 2. The average molecular weight is 327 g/mol. The van der Waals surface area contributed by atoms with Crippen molar-refractivity contribution in [3.05, 3.63) is 59.7 Å². The molecule has 0 aliphatic carbocycles. The van der Waals surface area contributed by atoms with Crippen molar-refractivity contribution in [1.82, 2.24) is 4.90 Å². The van der Waals surface area contributed by atoms with Crippen molar-refractivity contribution >= 4 is 0 Å². The Bertz CT molecular complexity index is 657. The molecule has 3 rings (SSSR count). The van der Waals surface area contributed by atoms with Crippen molar-refractivity contribution in [2.45, 2.75) is 39.0 Å². The highest BCUT2D eigenvalue weighted by Crippen LogP contribution is 2.34. The standard InChI is InChI=1S/C20H25NO3/c1-15(2)21(13-16-6-4-3-5-7-16)11-10-18(22)17-8-9-19-20(12-17)24-14-23-19/h3-9,12,15,18,22H,10-11,13-14H2,1-2H3. The minimum atomic E-state index is -0.503. The van der Waals surface area contributed by atoms with E-state index in [0.717, 1.165) is 30.2 Å². The van der Waals surface area contributed by atoms with Crippen LogP contribution in [0.25, 0.3) is 0 Å². The SMILES string of the molecule is CC(C)N(CCC(O)c1ccc2c(c1)OCO2)Cc1ccccc1. The maximum atomic E-state index is 10.5. The van der Waals surface area contributed by atoms with Crippen LogP contribution < -0.4 is 9.47 Å². The Morgan fingerprint density at radius 2 is 1.79 bits per heavy atom. The van der Waals surface area contributed by atoms with Gasteiger partial charge in [-0.05, 0) is 43.5 Å². The van der Waals surface area contributed by atoms with Gasteiger partial charge in [-0.25, -0.2) is 0 Å². The zero-order chi connectivity index (χ0) is 16.9. The number of hydrogen-bond donors (Lipinski definition) is 1. The van der Waals surface area contributed by atoms with E-state index >= 15 is 0 Å². The summed E-state index contributed by atoms with van der Waals surface area (Å²) in [5.41, 5.74) is 2.17. The Morgan fingerprint density at radius 1 is 1.04 bits per heavy atom. The predicted molar refractivity (Wildman–Crippen MR) is 94.1 cm³/mol. The van der Waals surface area contributed by atoms with Gasteiger partial charge < -0.3 is 14.6 Å². The third-order valence-electron chi connectivity index (χ3n) is 4.43. The number of rotatable bonds is 7. The Balaban J connectivity index is 1.59. The Labute approximate surface area is 143 Å². The topological polar surface area (TPSA) is 41.9 Å². The lowest BCUT2D eigenvalue weighted by Gasteiger charge is -2.27. The first-order valence-electron chi connectivity index (χ1n) is 8.49. The van der Waals surface area contributed by atoms with E-state index < -0.39 is 6.10 Å². The second kappa shape index (κ2) is 7.69. The summed E-state index contributed by atoms with van der Waals surface area (Å²) in [5, 5.41) is 10.5. The highest BCUT2D eigenvalue weighted by atomic mass is 16.7. The summed E-state index contributed by atoms with van der Waals surface area (Å²) in [6.45, 7) is 6.37. The highest BCUT2D eigenvalue weighted by molar-refractivity contribution is 5.45. The molecule has 1 aliphatic rings. The molecule has 4 nitrogen and oxygen atoms in total. The maximum Gasteiger partial charge on any atom is 0.231 e. The fourth-order valence-corrected chi connectivity index (χ4v) is 2.91. The molecule has 0 amide bonds.